The number of rotatable bonds is 3. The maximum atomic E-state index is 13.4. The minimum Gasteiger partial charge on any atom is -0.466 e. The van der Waals surface area contributed by atoms with Gasteiger partial charge in [0.25, 0.3) is 0 Å². The van der Waals surface area contributed by atoms with Crippen molar-refractivity contribution in [3.63, 3.8) is 0 Å². The van der Waals surface area contributed by atoms with Gasteiger partial charge in [0.2, 0.25) is 0 Å². The molecule has 0 N–H and O–H groups in total. The maximum absolute atomic E-state index is 13.4. The van der Waals surface area contributed by atoms with Crippen LogP contribution >= 0.6 is 15.9 Å². The van der Waals surface area contributed by atoms with Crippen LogP contribution in [-0.2, 0) is 9.53 Å². The summed E-state index contributed by atoms with van der Waals surface area (Å²) in [6.45, 7) is 0. The third kappa shape index (κ3) is 3.58. The van der Waals surface area contributed by atoms with Gasteiger partial charge in [0.1, 0.15) is 11.5 Å². The highest BCUT2D eigenvalue weighted by atomic mass is 79.9. The van der Waals surface area contributed by atoms with E-state index in [0.717, 1.165) is 13.2 Å². The summed E-state index contributed by atoms with van der Waals surface area (Å²) >= 11 is 3.16. The number of nitrogens with zero attached hydrogens (tertiary/aromatic N) is 3. The van der Waals surface area contributed by atoms with E-state index >= 15 is 0 Å². The first kappa shape index (κ1) is 13.2. The van der Waals surface area contributed by atoms with Crippen molar-refractivity contribution in [3.05, 3.63) is 50.2 Å². The predicted molar refractivity (Wildman–Crippen MR) is 63.2 cm³/mol. The lowest BCUT2D eigenvalue weighted by molar-refractivity contribution is -0.136. The van der Waals surface area contributed by atoms with Gasteiger partial charge in [0.15, 0.2) is 0 Å². The monoisotopic (exact) mass is 299 g/mol. The molecule has 0 aromatic heterocycles. The molecule has 0 fully saturated rings. The number of methoxy groups -OCH3 is 1. The molecule has 88 valence electrons. The second kappa shape index (κ2) is 6.03. The Bertz CT molecular complexity index is 524. The highest BCUT2D eigenvalue weighted by molar-refractivity contribution is 9.10. The molecule has 0 aliphatic heterocycles. The standard InChI is InChI=1S/C10H7BrFN3O2/c1-17-10(16)9(14-15-13)5-6-4-7(11)2-3-8(6)12/h2-5H,1H3/b9-5-. The maximum Gasteiger partial charge on any atom is 0.340 e. The fourth-order valence-electron chi connectivity index (χ4n) is 1.05. The van der Waals surface area contributed by atoms with E-state index in [-0.39, 0.29) is 11.3 Å². The van der Waals surface area contributed by atoms with Crippen LogP contribution in [0, 0.1) is 5.82 Å². The SMILES string of the molecule is COC(=O)/C(=C/c1cc(Br)ccc1F)N=[N+]=[N-]. The molecule has 1 aromatic rings. The fraction of sp³-hybridized carbons (Fsp3) is 0.100. The summed E-state index contributed by atoms with van der Waals surface area (Å²) < 4.78 is 18.4. The lowest BCUT2D eigenvalue weighted by atomic mass is 10.2. The Morgan fingerprint density at radius 1 is 1.65 bits per heavy atom. The number of carbonyl (C=O) groups is 1. The summed E-state index contributed by atoms with van der Waals surface area (Å²) in [5.74, 6) is -1.37. The molecule has 0 bridgehead atoms. The van der Waals surface area contributed by atoms with Crippen LogP contribution in [0.5, 0.6) is 0 Å². The lowest BCUT2D eigenvalue weighted by Crippen LogP contribution is -2.02. The van der Waals surface area contributed by atoms with Crippen molar-refractivity contribution in [2.24, 2.45) is 5.11 Å². The smallest absolute Gasteiger partial charge is 0.340 e. The van der Waals surface area contributed by atoms with Gasteiger partial charge in [0.05, 0.1) is 7.11 Å². The molecular weight excluding hydrogens is 293 g/mol. The molecule has 17 heavy (non-hydrogen) atoms. The van der Waals surface area contributed by atoms with Crippen molar-refractivity contribution in [1.29, 1.82) is 0 Å². The molecule has 0 unspecified atom stereocenters. The number of esters is 1. The second-order valence-corrected chi connectivity index (χ2v) is 3.79. The van der Waals surface area contributed by atoms with Crippen molar-refractivity contribution in [1.82, 2.24) is 0 Å². The predicted octanol–water partition coefficient (Wildman–Crippen LogP) is 3.41. The van der Waals surface area contributed by atoms with E-state index < -0.39 is 11.8 Å². The lowest BCUT2D eigenvalue weighted by Gasteiger charge is -2.01. The number of hydrogen-bond acceptors (Lipinski definition) is 3. The van der Waals surface area contributed by atoms with Crippen molar-refractivity contribution < 1.29 is 13.9 Å². The fourth-order valence-corrected chi connectivity index (χ4v) is 1.43. The van der Waals surface area contributed by atoms with Crippen LogP contribution in [0.15, 0.2) is 33.5 Å². The molecule has 5 nitrogen and oxygen atoms in total. The Kier molecular flexibility index (Phi) is 4.68. The molecule has 1 aromatic carbocycles. The summed E-state index contributed by atoms with van der Waals surface area (Å²) in [5.41, 5.74) is 8.09. The summed E-state index contributed by atoms with van der Waals surface area (Å²) in [7, 11) is 1.14. The van der Waals surface area contributed by atoms with Gasteiger partial charge in [-0.15, -0.1) is 0 Å². The second-order valence-electron chi connectivity index (χ2n) is 2.88. The summed E-state index contributed by atoms with van der Waals surface area (Å²) in [6, 6.07) is 4.18. The van der Waals surface area contributed by atoms with Crippen molar-refractivity contribution in [3.8, 4) is 0 Å². The summed E-state index contributed by atoms with van der Waals surface area (Å²) in [4.78, 5) is 13.7. The molecule has 0 spiro atoms. The van der Waals surface area contributed by atoms with Crippen LogP contribution in [0.3, 0.4) is 0 Å². The van der Waals surface area contributed by atoms with Crippen LogP contribution < -0.4 is 0 Å². The van der Waals surface area contributed by atoms with E-state index in [9.17, 15) is 9.18 Å². The third-order valence-electron chi connectivity index (χ3n) is 1.80. The normalized spacial score (nSPS) is 10.6. The van der Waals surface area contributed by atoms with Crippen LogP contribution in [0.2, 0.25) is 0 Å². The van der Waals surface area contributed by atoms with Gasteiger partial charge < -0.3 is 4.74 Å². The number of hydrogen-bond donors (Lipinski definition) is 0. The number of ether oxygens (including phenoxy) is 1. The summed E-state index contributed by atoms with van der Waals surface area (Å²) in [6.07, 6.45) is 1.12. The largest absolute Gasteiger partial charge is 0.466 e. The van der Waals surface area contributed by atoms with E-state index in [1.807, 2.05) is 0 Å². The Balaban J connectivity index is 3.25. The quantitative estimate of drug-likeness (QED) is 0.282. The molecule has 0 saturated carbocycles. The zero-order valence-corrected chi connectivity index (χ0v) is 10.3. The first-order valence-electron chi connectivity index (χ1n) is 4.38. The van der Waals surface area contributed by atoms with Crippen molar-refractivity contribution in [2.45, 2.75) is 0 Å². The van der Waals surface area contributed by atoms with Crippen molar-refractivity contribution >= 4 is 28.0 Å². The van der Waals surface area contributed by atoms with E-state index in [4.69, 9.17) is 5.53 Å². The molecule has 0 radical (unpaired) electrons. The molecular formula is C10H7BrFN3O2. The van der Waals surface area contributed by atoms with Gasteiger partial charge in [-0.2, -0.15) is 0 Å². The first-order chi connectivity index (χ1) is 8.08. The Hall–Kier alpha value is -1.85. The topological polar surface area (TPSA) is 75.1 Å². The molecule has 0 heterocycles. The highest BCUT2D eigenvalue weighted by Crippen LogP contribution is 2.19. The Morgan fingerprint density at radius 3 is 2.94 bits per heavy atom. The van der Waals surface area contributed by atoms with Gasteiger partial charge in [-0.1, -0.05) is 21.0 Å². The van der Waals surface area contributed by atoms with Gasteiger partial charge in [-0.25, -0.2) is 9.18 Å². The van der Waals surface area contributed by atoms with Gasteiger partial charge in [-0.3, -0.25) is 0 Å². The van der Waals surface area contributed by atoms with Crippen LogP contribution in [0.4, 0.5) is 4.39 Å². The molecule has 0 aliphatic carbocycles. The molecule has 0 saturated heterocycles. The molecule has 1 rings (SSSR count). The zero-order valence-electron chi connectivity index (χ0n) is 8.72. The van der Waals surface area contributed by atoms with Crippen LogP contribution in [-0.4, -0.2) is 13.1 Å². The van der Waals surface area contributed by atoms with Crippen molar-refractivity contribution in [2.75, 3.05) is 7.11 Å². The van der Waals surface area contributed by atoms with Crippen LogP contribution in [0.1, 0.15) is 5.56 Å². The highest BCUT2D eigenvalue weighted by Gasteiger charge is 2.09. The van der Waals surface area contributed by atoms with Gasteiger partial charge >= 0.3 is 5.97 Å². The number of benzene rings is 1. The number of azide groups is 1. The molecule has 0 aliphatic rings. The minimum absolute atomic E-state index is 0.118. The number of halogens is 2. The third-order valence-corrected chi connectivity index (χ3v) is 2.29. The van der Waals surface area contributed by atoms with Gasteiger partial charge in [0, 0.05) is 14.9 Å². The van der Waals surface area contributed by atoms with E-state index in [1.54, 1.807) is 0 Å². The number of carbonyl (C=O) groups excluding carboxylic acids is 1. The average molecular weight is 300 g/mol. The Morgan fingerprint density at radius 2 is 2.35 bits per heavy atom. The first-order valence-corrected chi connectivity index (χ1v) is 5.18. The Labute approximate surface area is 105 Å². The van der Waals surface area contributed by atoms with E-state index in [1.165, 1.54) is 18.2 Å². The summed E-state index contributed by atoms with van der Waals surface area (Å²) in [5, 5.41) is 3.15. The van der Waals surface area contributed by atoms with Gasteiger partial charge in [-0.05, 0) is 29.8 Å². The molecule has 0 amide bonds. The minimum atomic E-state index is -0.831. The average Bonchev–Trinajstić information content (AvgIpc) is 2.32. The molecule has 0 atom stereocenters. The molecule has 7 heteroatoms. The zero-order chi connectivity index (χ0) is 12.8. The van der Waals surface area contributed by atoms with E-state index in [0.29, 0.717) is 4.47 Å². The van der Waals surface area contributed by atoms with Crippen LogP contribution in [0.25, 0.3) is 16.5 Å². The van der Waals surface area contributed by atoms with E-state index in [2.05, 4.69) is 30.7 Å².